The number of hydrogen-bond donors (Lipinski definition) is 3. The molecule has 104 valence electrons. The number of anilines is 1. The van der Waals surface area contributed by atoms with Crippen LogP contribution in [-0.4, -0.2) is 31.1 Å². The molecule has 1 aliphatic rings. The van der Waals surface area contributed by atoms with E-state index in [1.165, 1.54) is 18.2 Å². The number of rotatable bonds is 4. The number of nitrogens with one attached hydrogen (secondary N) is 3. The van der Waals surface area contributed by atoms with Crippen LogP contribution in [0.1, 0.15) is 13.3 Å². The third-order valence-corrected chi connectivity index (χ3v) is 3.56. The van der Waals surface area contributed by atoms with Crippen molar-refractivity contribution in [2.75, 3.05) is 25.0 Å². The van der Waals surface area contributed by atoms with Crippen molar-refractivity contribution in [1.82, 2.24) is 10.6 Å². The number of amides is 1. The summed E-state index contributed by atoms with van der Waals surface area (Å²) >= 11 is 5.84. The lowest BCUT2D eigenvalue weighted by Crippen LogP contribution is -2.47. The maximum Gasteiger partial charge on any atom is 0.238 e. The van der Waals surface area contributed by atoms with Crippen molar-refractivity contribution < 1.29 is 9.18 Å². The molecule has 1 aromatic rings. The zero-order chi connectivity index (χ0) is 13.9. The van der Waals surface area contributed by atoms with Gasteiger partial charge in [-0.2, -0.15) is 0 Å². The third-order valence-electron chi connectivity index (χ3n) is 3.25. The highest BCUT2D eigenvalue weighted by atomic mass is 35.5. The molecule has 1 fully saturated rings. The second-order valence-corrected chi connectivity index (χ2v) is 5.42. The van der Waals surface area contributed by atoms with Crippen LogP contribution in [0.15, 0.2) is 18.2 Å². The Morgan fingerprint density at radius 2 is 2.37 bits per heavy atom. The van der Waals surface area contributed by atoms with Crippen molar-refractivity contribution in [1.29, 1.82) is 0 Å². The number of hydrogen-bond acceptors (Lipinski definition) is 3. The molecule has 0 aliphatic carbocycles. The van der Waals surface area contributed by atoms with E-state index < -0.39 is 5.82 Å². The number of halogens is 2. The van der Waals surface area contributed by atoms with E-state index in [1.807, 2.05) is 0 Å². The minimum absolute atomic E-state index is 0.0517. The average Bonchev–Trinajstić information content (AvgIpc) is 2.78. The van der Waals surface area contributed by atoms with Gasteiger partial charge in [0.2, 0.25) is 5.91 Å². The quantitative estimate of drug-likeness (QED) is 0.790. The highest BCUT2D eigenvalue weighted by Gasteiger charge is 2.28. The molecule has 1 saturated heterocycles. The van der Waals surface area contributed by atoms with Crippen LogP contribution in [0.3, 0.4) is 0 Å². The van der Waals surface area contributed by atoms with Crippen molar-refractivity contribution >= 4 is 23.2 Å². The first-order chi connectivity index (χ1) is 8.98. The topological polar surface area (TPSA) is 53.2 Å². The Bertz CT molecular complexity index is 475. The predicted octanol–water partition coefficient (Wildman–Crippen LogP) is 1.76. The monoisotopic (exact) mass is 285 g/mol. The van der Waals surface area contributed by atoms with E-state index in [9.17, 15) is 9.18 Å². The van der Waals surface area contributed by atoms with Crippen molar-refractivity contribution in [2.45, 2.75) is 18.9 Å². The molecule has 2 rings (SSSR count). The summed E-state index contributed by atoms with van der Waals surface area (Å²) in [6, 6.07) is 3.89. The maximum atomic E-state index is 12.9. The highest BCUT2D eigenvalue weighted by molar-refractivity contribution is 6.33. The summed E-state index contributed by atoms with van der Waals surface area (Å²) < 4.78 is 12.9. The lowest BCUT2D eigenvalue weighted by atomic mass is 10.0. The first-order valence-electron chi connectivity index (χ1n) is 6.19. The zero-order valence-electron chi connectivity index (χ0n) is 10.7. The molecule has 1 unspecified atom stereocenters. The Morgan fingerprint density at radius 3 is 3.00 bits per heavy atom. The second-order valence-electron chi connectivity index (χ2n) is 5.01. The van der Waals surface area contributed by atoms with Gasteiger partial charge in [-0.15, -0.1) is 0 Å². The van der Waals surface area contributed by atoms with Crippen molar-refractivity contribution in [2.24, 2.45) is 0 Å². The summed E-state index contributed by atoms with van der Waals surface area (Å²) in [7, 11) is 0. The van der Waals surface area contributed by atoms with Crippen LogP contribution in [0, 0.1) is 5.82 Å². The molecule has 1 aromatic carbocycles. The van der Waals surface area contributed by atoms with Crippen LogP contribution >= 0.6 is 11.6 Å². The standard InChI is InChI=1S/C13H17ClFN3O/c1-13(4-5-16-8-13)17-7-12(19)18-11-3-2-9(15)6-10(11)14/h2-3,6,16-17H,4-5,7-8H2,1H3,(H,18,19). The molecule has 0 aromatic heterocycles. The SMILES string of the molecule is CC1(NCC(=O)Nc2ccc(F)cc2Cl)CCNC1. The Morgan fingerprint density at radius 1 is 1.58 bits per heavy atom. The van der Waals surface area contributed by atoms with Gasteiger partial charge in [0.05, 0.1) is 17.3 Å². The normalized spacial score (nSPS) is 22.5. The zero-order valence-corrected chi connectivity index (χ0v) is 11.5. The smallest absolute Gasteiger partial charge is 0.238 e. The van der Waals surface area contributed by atoms with E-state index in [2.05, 4.69) is 22.9 Å². The van der Waals surface area contributed by atoms with Gasteiger partial charge in [-0.25, -0.2) is 4.39 Å². The molecule has 1 aliphatic heterocycles. The van der Waals surface area contributed by atoms with E-state index in [0.717, 1.165) is 19.5 Å². The minimum atomic E-state index is -0.425. The van der Waals surface area contributed by atoms with Gasteiger partial charge in [0.1, 0.15) is 5.82 Å². The fourth-order valence-corrected chi connectivity index (χ4v) is 2.26. The van der Waals surface area contributed by atoms with Gasteiger partial charge in [0, 0.05) is 12.1 Å². The first-order valence-corrected chi connectivity index (χ1v) is 6.57. The summed E-state index contributed by atoms with van der Waals surface area (Å²) in [6.45, 7) is 4.07. The van der Waals surface area contributed by atoms with Crippen LogP contribution in [0.2, 0.25) is 5.02 Å². The van der Waals surface area contributed by atoms with Gasteiger partial charge in [-0.3, -0.25) is 4.79 Å². The predicted molar refractivity (Wildman–Crippen MR) is 73.9 cm³/mol. The Balaban J connectivity index is 1.87. The van der Waals surface area contributed by atoms with Gasteiger partial charge in [0.15, 0.2) is 0 Å². The van der Waals surface area contributed by atoms with Gasteiger partial charge in [-0.05, 0) is 38.1 Å². The maximum absolute atomic E-state index is 12.9. The van der Waals surface area contributed by atoms with Crippen LogP contribution in [0.25, 0.3) is 0 Å². The van der Waals surface area contributed by atoms with E-state index in [-0.39, 0.29) is 23.0 Å². The summed E-state index contributed by atoms with van der Waals surface area (Å²) in [6.07, 6.45) is 0.984. The molecule has 0 saturated carbocycles. The summed E-state index contributed by atoms with van der Waals surface area (Å²) in [5.74, 6) is -0.618. The molecule has 0 radical (unpaired) electrons. The largest absolute Gasteiger partial charge is 0.324 e. The lowest BCUT2D eigenvalue weighted by Gasteiger charge is -2.24. The minimum Gasteiger partial charge on any atom is -0.324 e. The average molecular weight is 286 g/mol. The molecule has 4 nitrogen and oxygen atoms in total. The lowest BCUT2D eigenvalue weighted by molar-refractivity contribution is -0.115. The van der Waals surface area contributed by atoms with Gasteiger partial charge >= 0.3 is 0 Å². The van der Waals surface area contributed by atoms with Crippen LogP contribution in [-0.2, 0) is 4.79 Å². The Kier molecular flexibility index (Phi) is 4.39. The molecule has 6 heteroatoms. The van der Waals surface area contributed by atoms with Crippen LogP contribution in [0.5, 0.6) is 0 Å². The van der Waals surface area contributed by atoms with E-state index in [1.54, 1.807) is 0 Å². The molecule has 0 bridgehead atoms. The number of benzene rings is 1. The Labute approximate surface area is 116 Å². The molecular weight excluding hydrogens is 269 g/mol. The third kappa shape index (κ3) is 3.89. The van der Waals surface area contributed by atoms with Crippen LogP contribution < -0.4 is 16.0 Å². The van der Waals surface area contributed by atoms with Crippen molar-refractivity contribution in [3.8, 4) is 0 Å². The van der Waals surface area contributed by atoms with Gasteiger partial charge in [-0.1, -0.05) is 11.6 Å². The summed E-state index contributed by atoms with van der Waals surface area (Å²) in [5, 5.41) is 9.32. The summed E-state index contributed by atoms with van der Waals surface area (Å²) in [5.41, 5.74) is 0.369. The fourth-order valence-electron chi connectivity index (χ4n) is 2.05. The molecular formula is C13H17ClFN3O. The molecule has 1 atom stereocenters. The summed E-state index contributed by atoms with van der Waals surface area (Å²) in [4.78, 5) is 11.8. The molecule has 19 heavy (non-hydrogen) atoms. The van der Waals surface area contributed by atoms with Crippen molar-refractivity contribution in [3.63, 3.8) is 0 Å². The molecule has 1 heterocycles. The van der Waals surface area contributed by atoms with E-state index >= 15 is 0 Å². The first kappa shape index (κ1) is 14.2. The highest BCUT2D eigenvalue weighted by Crippen LogP contribution is 2.22. The molecule has 3 N–H and O–H groups in total. The van der Waals surface area contributed by atoms with Crippen molar-refractivity contribution in [3.05, 3.63) is 29.0 Å². The number of carbonyl (C=O) groups excluding carboxylic acids is 1. The van der Waals surface area contributed by atoms with E-state index in [4.69, 9.17) is 11.6 Å². The Hall–Kier alpha value is -1.17. The number of carbonyl (C=O) groups is 1. The second kappa shape index (κ2) is 5.86. The van der Waals surface area contributed by atoms with Gasteiger partial charge < -0.3 is 16.0 Å². The fraction of sp³-hybridized carbons (Fsp3) is 0.462. The van der Waals surface area contributed by atoms with Crippen LogP contribution in [0.4, 0.5) is 10.1 Å². The molecule has 0 spiro atoms. The molecule has 1 amide bonds. The van der Waals surface area contributed by atoms with E-state index in [0.29, 0.717) is 5.69 Å². The van der Waals surface area contributed by atoms with Gasteiger partial charge in [0.25, 0.3) is 0 Å².